The molecule has 0 spiro atoms. The summed E-state index contributed by atoms with van der Waals surface area (Å²) in [5, 5.41) is 5.99. The molecule has 2 amide bonds. The predicted molar refractivity (Wildman–Crippen MR) is 106 cm³/mol. The lowest BCUT2D eigenvalue weighted by Gasteiger charge is -2.27. The topological polar surface area (TPSA) is 80.3 Å². The Balaban J connectivity index is 1.41. The van der Waals surface area contributed by atoms with Gasteiger partial charge in [-0.15, -0.1) is 0 Å². The van der Waals surface area contributed by atoms with Crippen LogP contribution in [0, 0.1) is 11.8 Å². The maximum Gasteiger partial charge on any atom is 0.223 e. The van der Waals surface area contributed by atoms with E-state index >= 15 is 0 Å². The number of carbonyl (C=O) groups excluding carboxylic acids is 2. The van der Waals surface area contributed by atoms with Gasteiger partial charge in [0.05, 0.1) is 7.11 Å². The smallest absolute Gasteiger partial charge is 0.223 e. The first-order valence-corrected chi connectivity index (χ1v) is 9.73. The molecule has 148 valence electrons. The van der Waals surface area contributed by atoms with E-state index in [1.54, 1.807) is 19.5 Å². The Kier molecular flexibility index (Phi) is 7.00. The van der Waals surface area contributed by atoms with Crippen molar-refractivity contribution < 1.29 is 14.3 Å². The van der Waals surface area contributed by atoms with Gasteiger partial charge in [-0.2, -0.15) is 0 Å². The van der Waals surface area contributed by atoms with E-state index in [1.807, 2.05) is 36.4 Å². The number of nitrogens with one attached hydrogen (secondary N) is 2. The second-order valence-corrected chi connectivity index (χ2v) is 7.16. The van der Waals surface area contributed by atoms with E-state index < -0.39 is 0 Å². The number of para-hydroxylation sites is 1. The Bertz CT molecular complexity index is 787. The van der Waals surface area contributed by atoms with Crippen molar-refractivity contribution in [1.82, 2.24) is 15.6 Å². The molecule has 0 bridgehead atoms. The van der Waals surface area contributed by atoms with Crippen LogP contribution in [0.2, 0.25) is 0 Å². The molecule has 1 aliphatic carbocycles. The molecule has 0 aliphatic heterocycles. The minimum atomic E-state index is -0.0305. The van der Waals surface area contributed by atoms with Gasteiger partial charge in [-0.05, 0) is 43.4 Å². The third-order valence-electron chi connectivity index (χ3n) is 5.30. The van der Waals surface area contributed by atoms with E-state index in [0.29, 0.717) is 13.1 Å². The number of aromatic nitrogens is 1. The maximum absolute atomic E-state index is 12.5. The standard InChI is InChI=1S/C22H27N3O3/c1-28-20-7-3-2-6-19(20)15-25-22(27)18-10-8-17(9-11-18)21(26)24-14-16-5-4-12-23-13-16/h2-7,12-13,17-18H,8-11,14-15H2,1H3,(H,24,26)(H,25,27). The Morgan fingerprint density at radius 2 is 1.61 bits per heavy atom. The Morgan fingerprint density at radius 1 is 0.964 bits per heavy atom. The van der Waals surface area contributed by atoms with Gasteiger partial charge in [-0.25, -0.2) is 0 Å². The summed E-state index contributed by atoms with van der Waals surface area (Å²) >= 11 is 0. The zero-order valence-corrected chi connectivity index (χ0v) is 16.2. The van der Waals surface area contributed by atoms with E-state index in [4.69, 9.17) is 4.74 Å². The normalized spacial score (nSPS) is 18.9. The fraction of sp³-hybridized carbons (Fsp3) is 0.409. The summed E-state index contributed by atoms with van der Waals surface area (Å²) in [7, 11) is 1.63. The lowest BCUT2D eigenvalue weighted by molar-refractivity contribution is -0.130. The molecular weight excluding hydrogens is 354 g/mol. The van der Waals surface area contributed by atoms with Crippen LogP contribution in [0.1, 0.15) is 36.8 Å². The van der Waals surface area contributed by atoms with Gasteiger partial charge < -0.3 is 15.4 Å². The Hall–Kier alpha value is -2.89. The van der Waals surface area contributed by atoms with Crippen molar-refractivity contribution in [3.05, 3.63) is 59.9 Å². The van der Waals surface area contributed by atoms with Gasteiger partial charge >= 0.3 is 0 Å². The Labute approximate surface area is 165 Å². The first kappa shape index (κ1) is 19.9. The van der Waals surface area contributed by atoms with Crippen molar-refractivity contribution in [3.8, 4) is 5.75 Å². The van der Waals surface area contributed by atoms with Crippen molar-refractivity contribution in [2.75, 3.05) is 7.11 Å². The van der Waals surface area contributed by atoms with Crippen LogP contribution in [0.5, 0.6) is 5.75 Å². The van der Waals surface area contributed by atoms with E-state index in [-0.39, 0.29) is 23.7 Å². The molecule has 1 heterocycles. The van der Waals surface area contributed by atoms with E-state index in [0.717, 1.165) is 42.6 Å². The second-order valence-electron chi connectivity index (χ2n) is 7.16. The number of methoxy groups -OCH3 is 1. The van der Waals surface area contributed by atoms with Crippen LogP contribution in [0.4, 0.5) is 0 Å². The maximum atomic E-state index is 12.5. The van der Waals surface area contributed by atoms with Crippen molar-refractivity contribution in [3.63, 3.8) is 0 Å². The molecule has 2 aromatic rings. The van der Waals surface area contributed by atoms with Gasteiger partial charge in [0.1, 0.15) is 5.75 Å². The number of rotatable bonds is 7. The Morgan fingerprint density at radius 3 is 2.21 bits per heavy atom. The van der Waals surface area contributed by atoms with E-state index in [9.17, 15) is 9.59 Å². The summed E-state index contributed by atoms with van der Waals surface area (Å²) in [6.07, 6.45) is 6.43. The first-order valence-electron chi connectivity index (χ1n) is 9.73. The lowest BCUT2D eigenvalue weighted by atomic mass is 9.81. The van der Waals surface area contributed by atoms with Crippen LogP contribution < -0.4 is 15.4 Å². The summed E-state index contributed by atoms with van der Waals surface area (Å²) in [5.74, 6) is 0.848. The van der Waals surface area contributed by atoms with Crippen LogP contribution in [-0.4, -0.2) is 23.9 Å². The van der Waals surface area contributed by atoms with Crippen LogP contribution >= 0.6 is 0 Å². The second kappa shape index (κ2) is 9.88. The molecule has 6 heteroatoms. The van der Waals surface area contributed by atoms with Gasteiger partial charge in [0.25, 0.3) is 0 Å². The molecule has 28 heavy (non-hydrogen) atoms. The van der Waals surface area contributed by atoms with Crippen LogP contribution in [0.3, 0.4) is 0 Å². The molecule has 3 rings (SSSR count). The summed E-state index contributed by atoms with van der Waals surface area (Å²) in [6, 6.07) is 11.5. The van der Waals surface area contributed by atoms with Crippen molar-refractivity contribution in [2.45, 2.75) is 38.8 Å². The quantitative estimate of drug-likeness (QED) is 0.773. The molecule has 2 N–H and O–H groups in total. The fourth-order valence-corrected chi connectivity index (χ4v) is 3.63. The van der Waals surface area contributed by atoms with Crippen LogP contribution in [0.25, 0.3) is 0 Å². The summed E-state index contributed by atoms with van der Waals surface area (Å²) in [5.41, 5.74) is 1.95. The monoisotopic (exact) mass is 381 g/mol. The van der Waals surface area contributed by atoms with Crippen molar-refractivity contribution in [2.24, 2.45) is 11.8 Å². The molecule has 6 nitrogen and oxygen atoms in total. The van der Waals surface area contributed by atoms with Crippen molar-refractivity contribution in [1.29, 1.82) is 0 Å². The average Bonchev–Trinajstić information content (AvgIpc) is 2.76. The molecular formula is C22H27N3O3. The largest absolute Gasteiger partial charge is 0.496 e. The zero-order valence-electron chi connectivity index (χ0n) is 16.2. The number of amides is 2. The number of nitrogens with zero attached hydrogens (tertiary/aromatic N) is 1. The molecule has 1 saturated carbocycles. The zero-order chi connectivity index (χ0) is 19.8. The molecule has 0 atom stereocenters. The third kappa shape index (κ3) is 5.31. The summed E-state index contributed by atoms with van der Waals surface area (Å²) in [6.45, 7) is 0.945. The highest BCUT2D eigenvalue weighted by molar-refractivity contribution is 5.81. The number of ether oxygens (including phenoxy) is 1. The minimum absolute atomic E-state index is 0.0186. The van der Waals surface area contributed by atoms with E-state index in [1.165, 1.54) is 0 Å². The molecule has 0 radical (unpaired) electrons. The average molecular weight is 381 g/mol. The number of hydrogen-bond acceptors (Lipinski definition) is 4. The van der Waals surface area contributed by atoms with Crippen molar-refractivity contribution >= 4 is 11.8 Å². The molecule has 0 unspecified atom stereocenters. The van der Waals surface area contributed by atoms with Gasteiger partial charge in [-0.3, -0.25) is 14.6 Å². The van der Waals surface area contributed by atoms with Gasteiger partial charge in [-0.1, -0.05) is 24.3 Å². The molecule has 0 saturated heterocycles. The first-order chi connectivity index (χ1) is 13.7. The summed E-state index contributed by atoms with van der Waals surface area (Å²) < 4.78 is 5.32. The molecule has 1 aromatic carbocycles. The molecule has 1 aromatic heterocycles. The van der Waals surface area contributed by atoms with Gasteiger partial charge in [0.15, 0.2) is 0 Å². The van der Waals surface area contributed by atoms with Gasteiger partial charge in [0, 0.05) is 42.9 Å². The fourth-order valence-electron chi connectivity index (χ4n) is 3.63. The van der Waals surface area contributed by atoms with E-state index in [2.05, 4.69) is 15.6 Å². The SMILES string of the molecule is COc1ccccc1CNC(=O)C1CCC(C(=O)NCc2cccnc2)CC1. The third-order valence-corrected chi connectivity index (χ3v) is 5.30. The number of hydrogen-bond donors (Lipinski definition) is 2. The lowest BCUT2D eigenvalue weighted by Crippen LogP contribution is -2.37. The number of benzene rings is 1. The highest BCUT2D eigenvalue weighted by Gasteiger charge is 2.29. The number of pyridine rings is 1. The minimum Gasteiger partial charge on any atom is -0.496 e. The molecule has 1 aliphatic rings. The highest BCUT2D eigenvalue weighted by Crippen LogP contribution is 2.29. The molecule has 1 fully saturated rings. The van der Waals surface area contributed by atoms with Crippen LogP contribution in [0.15, 0.2) is 48.8 Å². The summed E-state index contributed by atoms with van der Waals surface area (Å²) in [4.78, 5) is 28.9. The number of carbonyl (C=O) groups is 2. The predicted octanol–water partition coefficient (Wildman–Crippen LogP) is 2.83. The van der Waals surface area contributed by atoms with Crippen LogP contribution in [-0.2, 0) is 22.7 Å². The van der Waals surface area contributed by atoms with Gasteiger partial charge in [0.2, 0.25) is 11.8 Å². The highest BCUT2D eigenvalue weighted by atomic mass is 16.5.